The molecule has 0 amide bonds. The third kappa shape index (κ3) is 4.05. The van der Waals surface area contributed by atoms with Crippen molar-refractivity contribution in [3.8, 4) is 11.4 Å². The third-order valence-corrected chi connectivity index (χ3v) is 4.87. The summed E-state index contributed by atoms with van der Waals surface area (Å²) in [4.78, 5) is 27.3. The lowest BCUT2D eigenvalue weighted by Gasteiger charge is -2.09. The van der Waals surface area contributed by atoms with Crippen molar-refractivity contribution in [3.05, 3.63) is 52.3 Å². The number of rotatable bonds is 6. The molecule has 2 heterocycles. The number of nitrogens with one attached hydrogen (secondary N) is 2. The molecule has 2 aromatic heterocycles. The number of benzene rings is 1. The van der Waals surface area contributed by atoms with E-state index in [0.29, 0.717) is 17.3 Å². The number of nitrogens with two attached hydrogens (primary N) is 1. The van der Waals surface area contributed by atoms with Gasteiger partial charge in [0.05, 0.1) is 5.69 Å². The zero-order chi connectivity index (χ0) is 21.3. The van der Waals surface area contributed by atoms with E-state index in [1.54, 1.807) is 12.3 Å². The number of nitroso groups, excluding NO2 is 1. The summed E-state index contributed by atoms with van der Waals surface area (Å²) in [5.74, 6) is 0.857. The highest BCUT2D eigenvalue weighted by Crippen LogP contribution is 2.41. The first-order valence-corrected chi connectivity index (χ1v) is 9.82. The molecule has 0 atom stereocenters. The maximum absolute atomic E-state index is 10.7. The van der Waals surface area contributed by atoms with Crippen LogP contribution in [-0.2, 0) is 11.3 Å². The molecule has 0 radical (unpaired) electrons. The monoisotopic (exact) mass is 405 g/mol. The van der Waals surface area contributed by atoms with Crippen LogP contribution in [0.15, 0.2) is 40.8 Å². The fourth-order valence-electron chi connectivity index (χ4n) is 3.34. The number of aromatic amines is 1. The summed E-state index contributed by atoms with van der Waals surface area (Å²) in [6, 6.07) is 5.43. The van der Waals surface area contributed by atoms with Gasteiger partial charge in [-0.15, -0.1) is 0 Å². The average Bonchev–Trinajstić information content (AvgIpc) is 3.46. The van der Waals surface area contributed by atoms with E-state index in [2.05, 4.69) is 20.1 Å². The summed E-state index contributed by atoms with van der Waals surface area (Å²) in [5.41, 5.74) is 9.70. The number of ether oxygens (including phenoxy) is 1. The van der Waals surface area contributed by atoms with Crippen LogP contribution >= 0.6 is 0 Å². The van der Waals surface area contributed by atoms with Crippen molar-refractivity contribution in [3.63, 3.8) is 0 Å². The van der Waals surface area contributed by atoms with Gasteiger partial charge in [-0.25, -0.2) is 15.0 Å². The Morgan fingerprint density at radius 1 is 1.40 bits per heavy atom. The Morgan fingerprint density at radius 2 is 2.20 bits per heavy atom. The van der Waals surface area contributed by atoms with E-state index in [-0.39, 0.29) is 24.5 Å². The standard InChI is InChI=1S/C21H23N7O2/c1-11(2)27-21(23)30-19(22)13-5-6-17-15(7-13)16(10-24-17)20-25-8-14(9-26-29)18(28-20)12-3-4-12/h5-8,10-12,22,24H,3-4,9H2,1-2H3,(H2,23,27). The Balaban J connectivity index is 1.69. The molecular weight excluding hydrogens is 382 g/mol. The van der Waals surface area contributed by atoms with E-state index < -0.39 is 0 Å². The zero-order valence-electron chi connectivity index (χ0n) is 16.8. The molecule has 1 aromatic carbocycles. The SMILES string of the molecule is CC(C)N=C(N)OC(=N)c1ccc2[nH]cc(-c3ncc(CN=O)c(C4CC4)n3)c2c1. The second-order valence-corrected chi connectivity index (χ2v) is 7.62. The normalized spacial score (nSPS) is 14.3. The summed E-state index contributed by atoms with van der Waals surface area (Å²) >= 11 is 0. The summed E-state index contributed by atoms with van der Waals surface area (Å²) in [5, 5.41) is 12.1. The van der Waals surface area contributed by atoms with E-state index >= 15 is 0 Å². The molecule has 154 valence electrons. The van der Waals surface area contributed by atoms with Gasteiger partial charge in [0.15, 0.2) is 5.82 Å². The van der Waals surface area contributed by atoms with Gasteiger partial charge < -0.3 is 15.5 Å². The highest BCUT2D eigenvalue weighted by atomic mass is 16.5. The molecule has 9 heteroatoms. The number of hydrogen-bond acceptors (Lipinski definition) is 7. The molecule has 1 aliphatic carbocycles. The number of amidine groups is 1. The molecule has 0 saturated heterocycles. The van der Waals surface area contributed by atoms with Crippen LogP contribution in [0.1, 0.15) is 49.4 Å². The number of aliphatic imine (C=N–C) groups is 1. The Hall–Kier alpha value is -3.62. The second kappa shape index (κ2) is 8.02. The van der Waals surface area contributed by atoms with Crippen molar-refractivity contribution in [1.29, 1.82) is 5.41 Å². The van der Waals surface area contributed by atoms with Crippen LogP contribution in [0.5, 0.6) is 0 Å². The molecular formula is C21H23N7O2. The lowest BCUT2D eigenvalue weighted by Crippen LogP contribution is -2.22. The van der Waals surface area contributed by atoms with Gasteiger partial charge >= 0.3 is 0 Å². The number of fused-ring (bicyclic) bond motifs is 1. The van der Waals surface area contributed by atoms with E-state index in [0.717, 1.165) is 40.6 Å². The Labute approximate surface area is 173 Å². The van der Waals surface area contributed by atoms with Crippen LogP contribution in [0, 0.1) is 10.3 Å². The molecule has 0 aliphatic heterocycles. The Kier molecular flexibility index (Phi) is 5.26. The first kappa shape index (κ1) is 19.7. The highest BCUT2D eigenvalue weighted by Gasteiger charge is 2.28. The van der Waals surface area contributed by atoms with E-state index in [1.165, 1.54) is 0 Å². The van der Waals surface area contributed by atoms with Crippen LogP contribution in [0.3, 0.4) is 0 Å². The molecule has 30 heavy (non-hydrogen) atoms. The Bertz CT molecular complexity index is 1150. The lowest BCUT2D eigenvalue weighted by molar-refractivity contribution is 0.523. The van der Waals surface area contributed by atoms with Gasteiger partial charge in [0.2, 0.25) is 5.90 Å². The number of nitrogens with zero attached hydrogens (tertiary/aromatic N) is 4. The summed E-state index contributed by atoms with van der Waals surface area (Å²) in [6.45, 7) is 3.84. The molecule has 9 nitrogen and oxygen atoms in total. The van der Waals surface area contributed by atoms with Gasteiger partial charge in [0.1, 0.15) is 6.54 Å². The van der Waals surface area contributed by atoms with Gasteiger partial charge in [-0.2, -0.15) is 4.91 Å². The predicted octanol–water partition coefficient (Wildman–Crippen LogP) is 3.83. The number of hydrogen-bond donors (Lipinski definition) is 3. The molecule has 1 aliphatic rings. The minimum atomic E-state index is -0.0852. The van der Waals surface area contributed by atoms with Crippen molar-refractivity contribution in [2.24, 2.45) is 15.9 Å². The summed E-state index contributed by atoms with van der Waals surface area (Å²) in [7, 11) is 0. The first-order valence-electron chi connectivity index (χ1n) is 9.82. The average molecular weight is 405 g/mol. The first-order chi connectivity index (χ1) is 14.5. The highest BCUT2D eigenvalue weighted by molar-refractivity contribution is 6.03. The van der Waals surface area contributed by atoms with Crippen molar-refractivity contribution in [2.75, 3.05) is 0 Å². The maximum atomic E-state index is 10.7. The van der Waals surface area contributed by atoms with Crippen molar-refractivity contribution in [2.45, 2.75) is 45.2 Å². The summed E-state index contributed by atoms with van der Waals surface area (Å²) in [6.07, 6.45) is 5.66. The van der Waals surface area contributed by atoms with Gasteiger partial charge in [-0.1, -0.05) is 5.18 Å². The van der Waals surface area contributed by atoms with E-state index in [1.807, 2.05) is 32.2 Å². The van der Waals surface area contributed by atoms with Crippen LogP contribution in [0.2, 0.25) is 0 Å². The fourth-order valence-corrected chi connectivity index (χ4v) is 3.34. The molecule has 3 aromatic rings. The maximum Gasteiger partial charge on any atom is 0.289 e. The quantitative estimate of drug-likeness (QED) is 0.324. The fraction of sp³-hybridized carbons (Fsp3) is 0.333. The van der Waals surface area contributed by atoms with Crippen molar-refractivity contribution >= 4 is 22.8 Å². The van der Waals surface area contributed by atoms with Crippen LogP contribution < -0.4 is 5.73 Å². The number of aromatic nitrogens is 3. The Morgan fingerprint density at radius 3 is 2.90 bits per heavy atom. The molecule has 0 bridgehead atoms. The van der Waals surface area contributed by atoms with Crippen LogP contribution in [-0.4, -0.2) is 32.9 Å². The lowest BCUT2D eigenvalue weighted by atomic mass is 10.1. The van der Waals surface area contributed by atoms with Crippen LogP contribution in [0.25, 0.3) is 22.3 Å². The topological polar surface area (TPSA) is 142 Å². The van der Waals surface area contributed by atoms with E-state index in [4.69, 9.17) is 20.9 Å². The van der Waals surface area contributed by atoms with Gasteiger partial charge in [0, 0.05) is 51.9 Å². The molecule has 4 N–H and O–H groups in total. The minimum absolute atomic E-state index is 0.0215. The molecule has 0 spiro atoms. The minimum Gasteiger partial charge on any atom is -0.407 e. The predicted molar refractivity (Wildman–Crippen MR) is 115 cm³/mol. The smallest absolute Gasteiger partial charge is 0.289 e. The molecule has 4 rings (SSSR count). The zero-order valence-corrected chi connectivity index (χ0v) is 16.8. The van der Waals surface area contributed by atoms with Gasteiger partial charge in [-0.3, -0.25) is 5.41 Å². The van der Waals surface area contributed by atoms with Crippen molar-refractivity contribution in [1.82, 2.24) is 15.0 Å². The second-order valence-electron chi connectivity index (χ2n) is 7.62. The molecule has 1 saturated carbocycles. The molecule has 0 unspecified atom stereocenters. The number of H-pyrrole nitrogens is 1. The largest absolute Gasteiger partial charge is 0.407 e. The summed E-state index contributed by atoms with van der Waals surface area (Å²) < 4.78 is 5.35. The van der Waals surface area contributed by atoms with E-state index in [9.17, 15) is 4.91 Å². The van der Waals surface area contributed by atoms with Crippen LogP contribution in [0.4, 0.5) is 0 Å². The van der Waals surface area contributed by atoms with Gasteiger partial charge in [0.25, 0.3) is 6.02 Å². The molecule has 1 fully saturated rings. The van der Waals surface area contributed by atoms with Crippen molar-refractivity contribution < 1.29 is 4.74 Å². The third-order valence-electron chi connectivity index (χ3n) is 4.87. The van der Waals surface area contributed by atoms with Gasteiger partial charge in [-0.05, 0) is 44.9 Å².